The molecule has 2 nitrogen and oxygen atoms in total. The zero-order valence-electron chi connectivity index (χ0n) is 8.90. The third-order valence-electron chi connectivity index (χ3n) is 2.48. The van der Waals surface area contributed by atoms with Gasteiger partial charge in [0.1, 0.15) is 11.9 Å². The highest BCUT2D eigenvalue weighted by atomic mass is 35.5. The first-order valence-electron chi connectivity index (χ1n) is 5.06. The summed E-state index contributed by atoms with van der Waals surface area (Å²) in [5.74, 6) is -0.535. The summed E-state index contributed by atoms with van der Waals surface area (Å²) in [5.41, 5.74) is 6.86. The van der Waals surface area contributed by atoms with Gasteiger partial charge in [0, 0.05) is 16.3 Å². The van der Waals surface area contributed by atoms with Gasteiger partial charge in [-0.05, 0) is 29.8 Å². The molecule has 0 saturated heterocycles. The molecule has 0 amide bonds. The van der Waals surface area contributed by atoms with Gasteiger partial charge in [0.15, 0.2) is 0 Å². The largest absolute Gasteiger partial charge is 0.399 e. The lowest BCUT2D eigenvalue weighted by Gasteiger charge is -2.13. The number of hydrogen-bond acceptors (Lipinski definition) is 2. The van der Waals surface area contributed by atoms with E-state index in [1.807, 2.05) is 0 Å². The summed E-state index contributed by atoms with van der Waals surface area (Å²) >= 11 is 5.65. The molecule has 2 aromatic rings. The van der Waals surface area contributed by atoms with Crippen molar-refractivity contribution in [2.75, 3.05) is 5.73 Å². The number of benzene rings is 2. The molecule has 0 saturated carbocycles. The summed E-state index contributed by atoms with van der Waals surface area (Å²) in [6, 6.07) is 10.9. The van der Waals surface area contributed by atoms with Crippen molar-refractivity contribution in [2.24, 2.45) is 0 Å². The second-order valence-electron chi connectivity index (χ2n) is 3.74. The van der Waals surface area contributed by atoms with Crippen molar-refractivity contribution in [3.63, 3.8) is 0 Å². The Morgan fingerprint density at radius 1 is 1.18 bits per heavy atom. The van der Waals surface area contributed by atoms with Crippen molar-refractivity contribution < 1.29 is 9.50 Å². The average Bonchev–Trinajstić information content (AvgIpc) is 2.28. The van der Waals surface area contributed by atoms with Crippen LogP contribution in [0.4, 0.5) is 10.1 Å². The van der Waals surface area contributed by atoms with Crippen LogP contribution < -0.4 is 5.73 Å². The smallest absolute Gasteiger partial charge is 0.130 e. The van der Waals surface area contributed by atoms with Crippen LogP contribution in [0.5, 0.6) is 0 Å². The van der Waals surface area contributed by atoms with Crippen LogP contribution in [0.25, 0.3) is 0 Å². The predicted octanol–water partition coefficient (Wildman–Crippen LogP) is 3.14. The van der Waals surface area contributed by atoms with E-state index in [2.05, 4.69) is 0 Å². The van der Waals surface area contributed by atoms with Gasteiger partial charge in [-0.2, -0.15) is 0 Å². The molecule has 0 aromatic heterocycles. The standard InChI is InChI=1S/C13H11ClFNO/c14-9-4-5-11(12(15)7-9)13(17)8-2-1-3-10(16)6-8/h1-7,13,17H,16H2. The highest BCUT2D eigenvalue weighted by Gasteiger charge is 2.15. The Hall–Kier alpha value is -1.58. The van der Waals surface area contributed by atoms with E-state index in [4.69, 9.17) is 17.3 Å². The summed E-state index contributed by atoms with van der Waals surface area (Å²) in [6.07, 6.45) is -1.05. The normalized spacial score (nSPS) is 12.4. The van der Waals surface area contributed by atoms with E-state index in [0.29, 0.717) is 16.3 Å². The van der Waals surface area contributed by atoms with Crippen molar-refractivity contribution in [2.45, 2.75) is 6.10 Å². The number of nitrogen functional groups attached to an aromatic ring is 1. The minimum Gasteiger partial charge on any atom is -0.399 e. The number of aliphatic hydroxyl groups excluding tert-OH is 1. The van der Waals surface area contributed by atoms with Crippen LogP contribution in [-0.4, -0.2) is 5.11 Å². The van der Waals surface area contributed by atoms with Gasteiger partial charge in [-0.25, -0.2) is 4.39 Å². The minimum absolute atomic E-state index is 0.181. The first kappa shape index (κ1) is 11.9. The molecule has 0 bridgehead atoms. The third-order valence-corrected chi connectivity index (χ3v) is 2.72. The fraction of sp³-hybridized carbons (Fsp3) is 0.0769. The van der Waals surface area contributed by atoms with E-state index in [1.54, 1.807) is 24.3 Å². The SMILES string of the molecule is Nc1cccc(C(O)c2ccc(Cl)cc2F)c1. The van der Waals surface area contributed by atoms with Crippen LogP contribution in [-0.2, 0) is 0 Å². The quantitative estimate of drug-likeness (QED) is 0.806. The van der Waals surface area contributed by atoms with E-state index >= 15 is 0 Å². The van der Waals surface area contributed by atoms with Crippen LogP contribution in [0.1, 0.15) is 17.2 Å². The molecule has 1 atom stereocenters. The Morgan fingerprint density at radius 2 is 1.94 bits per heavy atom. The Kier molecular flexibility index (Phi) is 3.31. The summed E-state index contributed by atoms with van der Waals surface area (Å²) < 4.78 is 13.6. The molecule has 0 aliphatic rings. The van der Waals surface area contributed by atoms with Gasteiger partial charge >= 0.3 is 0 Å². The number of anilines is 1. The number of hydrogen-bond donors (Lipinski definition) is 2. The Bertz CT molecular complexity index is 545. The lowest BCUT2D eigenvalue weighted by molar-refractivity contribution is 0.215. The lowest BCUT2D eigenvalue weighted by atomic mass is 10.0. The zero-order valence-corrected chi connectivity index (χ0v) is 9.66. The van der Waals surface area contributed by atoms with Crippen LogP contribution in [0.2, 0.25) is 5.02 Å². The Morgan fingerprint density at radius 3 is 2.59 bits per heavy atom. The second kappa shape index (κ2) is 4.73. The van der Waals surface area contributed by atoms with Crippen molar-refractivity contribution in [1.29, 1.82) is 0 Å². The fourth-order valence-electron chi connectivity index (χ4n) is 1.63. The van der Waals surface area contributed by atoms with Crippen LogP contribution in [0.3, 0.4) is 0 Å². The molecular weight excluding hydrogens is 241 g/mol. The van der Waals surface area contributed by atoms with Gasteiger partial charge in [0.25, 0.3) is 0 Å². The number of nitrogens with two attached hydrogens (primary N) is 1. The fourth-order valence-corrected chi connectivity index (χ4v) is 1.79. The summed E-state index contributed by atoms with van der Waals surface area (Å²) in [7, 11) is 0. The number of aliphatic hydroxyl groups is 1. The zero-order chi connectivity index (χ0) is 12.4. The first-order chi connectivity index (χ1) is 8.08. The van der Waals surface area contributed by atoms with Crippen molar-refractivity contribution in [1.82, 2.24) is 0 Å². The Labute approximate surface area is 103 Å². The maximum absolute atomic E-state index is 13.6. The van der Waals surface area contributed by atoms with E-state index in [1.165, 1.54) is 18.2 Å². The van der Waals surface area contributed by atoms with Gasteiger partial charge < -0.3 is 10.8 Å². The van der Waals surface area contributed by atoms with E-state index in [-0.39, 0.29) is 5.56 Å². The van der Waals surface area contributed by atoms with Crippen molar-refractivity contribution in [3.8, 4) is 0 Å². The molecule has 88 valence electrons. The average molecular weight is 252 g/mol. The van der Waals surface area contributed by atoms with Gasteiger partial charge in [-0.1, -0.05) is 29.8 Å². The minimum atomic E-state index is -1.05. The van der Waals surface area contributed by atoms with Gasteiger partial charge in [0.2, 0.25) is 0 Å². The molecule has 0 aliphatic carbocycles. The van der Waals surface area contributed by atoms with Crippen LogP contribution in [0.15, 0.2) is 42.5 Å². The van der Waals surface area contributed by atoms with Gasteiger partial charge in [-0.3, -0.25) is 0 Å². The van der Waals surface area contributed by atoms with Crippen molar-refractivity contribution in [3.05, 3.63) is 64.4 Å². The topological polar surface area (TPSA) is 46.2 Å². The highest BCUT2D eigenvalue weighted by molar-refractivity contribution is 6.30. The molecular formula is C13H11ClFNO. The summed E-state index contributed by atoms with van der Waals surface area (Å²) in [6.45, 7) is 0. The Balaban J connectivity index is 2.40. The van der Waals surface area contributed by atoms with E-state index in [9.17, 15) is 9.50 Å². The maximum Gasteiger partial charge on any atom is 0.130 e. The maximum atomic E-state index is 13.6. The summed E-state index contributed by atoms with van der Waals surface area (Å²) in [5, 5.41) is 10.3. The number of halogens is 2. The molecule has 17 heavy (non-hydrogen) atoms. The first-order valence-corrected chi connectivity index (χ1v) is 5.44. The molecule has 1 unspecified atom stereocenters. The molecule has 0 spiro atoms. The molecule has 2 aromatic carbocycles. The van der Waals surface area contributed by atoms with Crippen molar-refractivity contribution >= 4 is 17.3 Å². The monoisotopic (exact) mass is 251 g/mol. The van der Waals surface area contributed by atoms with Crippen LogP contribution in [0, 0.1) is 5.82 Å². The number of rotatable bonds is 2. The molecule has 0 fully saturated rings. The third kappa shape index (κ3) is 2.57. The molecule has 0 aliphatic heterocycles. The summed E-state index contributed by atoms with van der Waals surface area (Å²) in [4.78, 5) is 0. The molecule has 4 heteroatoms. The van der Waals surface area contributed by atoms with E-state index in [0.717, 1.165) is 0 Å². The van der Waals surface area contributed by atoms with Gasteiger partial charge in [0.05, 0.1) is 0 Å². The van der Waals surface area contributed by atoms with Crippen LogP contribution >= 0.6 is 11.6 Å². The highest BCUT2D eigenvalue weighted by Crippen LogP contribution is 2.27. The molecule has 2 rings (SSSR count). The molecule has 3 N–H and O–H groups in total. The molecule has 0 radical (unpaired) electrons. The second-order valence-corrected chi connectivity index (χ2v) is 4.17. The molecule has 0 heterocycles. The van der Waals surface area contributed by atoms with Gasteiger partial charge in [-0.15, -0.1) is 0 Å². The lowest BCUT2D eigenvalue weighted by Crippen LogP contribution is -2.03. The predicted molar refractivity (Wildman–Crippen MR) is 66.3 cm³/mol. The van der Waals surface area contributed by atoms with E-state index < -0.39 is 11.9 Å².